The van der Waals surface area contributed by atoms with Gasteiger partial charge in [-0.25, -0.2) is 0 Å². The lowest BCUT2D eigenvalue weighted by atomic mass is 9.65. The Morgan fingerprint density at radius 2 is 1.56 bits per heavy atom. The van der Waals surface area contributed by atoms with Crippen molar-refractivity contribution < 1.29 is 9.59 Å². The number of nitrogens with two attached hydrogens (primary N) is 1. The van der Waals surface area contributed by atoms with E-state index in [2.05, 4.69) is 5.32 Å². The average molecular weight is 392 g/mol. The van der Waals surface area contributed by atoms with E-state index in [1.807, 2.05) is 29.2 Å². The number of nitrogens with zero attached hydrogens (tertiary/aromatic N) is 1. The van der Waals surface area contributed by atoms with Crippen LogP contribution in [0.15, 0.2) is 24.3 Å². The zero-order valence-electron chi connectivity index (χ0n) is 15.7. The van der Waals surface area contributed by atoms with Crippen LogP contribution in [0.4, 0.5) is 5.69 Å². The predicted octanol–water partition coefficient (Wildman–Crippen LogP) is 3.44. The lowest BCUT2D eigenvalue weighted by Crippen LogP contribution is -2.48. The van der Waals surface area contributed by atoms with Crippen LogP contribution in [0.25, 0.3) is 0 Å². The summed E-state index contributed by atoms with van der Waals surface area (Å²) in [6.45, 7) is 1.70. The highest BCUT2D eigenvalue weighted by molar-refractivity contribution is 5.96. The third-order valence-corrected chi connectivity index (χ3v) is 6.58. The lowest BCUT2D eigenvalue weighted by molar-refractivity contribution is -0.122. The summed E-state index contributed by atoms with van der Waals surface area (Å²) < 4.78 is 0. The summed E-state index contributed by atoms with van der Waals surface area (Å²) in [5, 5.41) is 3.05. The zero-order chi connectivity index (χ0) is 18.1. The molecule has 1 aromatic carbocycles. The fourth-order valence-electron chi connectivity index (χ4n) is 5.05. The van der Waals surface area contributed by atoms with Crippen molar-refractivity contribution >= 4 is 29.9 Å². The molecule has 148 valence electrons. The highest BCUT2D eigenvalue weighted by Gasteiger charge is 2.40. The predicted molar refractivity (Wildman–Crippen MR) is 109 cm³/mol. The van der Waals surface area contributed by atoms with Gasteiger partial charge in [0.15, 0.2) is 0 Å². The van der Waals surface area contributed by atoms with Crippen molar-refractivity contribution in [2.75, 3.05) is 18.4 Å². The van der Waals surface area contributed by atoms with Crippen LogP contribution in [0.3, 0.4) is 0 Å². The SMILES string of the molecule is Cl.NC1C2CCCC1CC(C(=O)Nc1ccc(C(=O)N3CCCC3)cc1)C2. The summed E-state index contributed by atoms with van der Waals surface area (Å²) in [5.41, 5.74) is 7.80. The van der Waals surface area contributed by atoms with Gasteiger partial charge in [0, 0.05) is 36.3 Å². The number of likely N-dealkylation sites (tertiary alicyclic amines) is 1. The number of hydrogen-bond donors (Lipinski definition) is 2. The number of carbonyl (C=O) groups is 2. The molecule has 4 rings (SSSR count). The largest absolute Gasteiger partial charge is 0.339 e. The number of halogens is 1. The molecule has 3 N–H and O–H groups in total. The van der Waals surface area contributed by atoms with Crippen molar-refractivity contribution in [2.24, 2.45) is 23.5 Å². The Morgan fingerprint density at radius 3 is 2.15 bits per heavy atom. The Hall–Kier alpha value is -1.59. The van der Waals surface area contributed by atoms with Crippen molar-refractivity contribution in [3.05, 3.63) is 29.8 Å². The van der Waals surface area contributed by atoms with Crippen LogP contribution in [-0.2, 0) is 4.79 Å². The molecule has 6 heteroatoms. The van der Waals surface area contributed by atoms with Gasteiger partial charge in [0.05, 0.1) is 0 Å². The maximum Gasteiger partial charge on any atom is 0.253 e. The van der Waals surface area contributed by atoms with Gasteiger partial charge in [-0.05, 0) is 74.6 Å². The molecule has 2 unspecified atom stereocenters. The first kappa shape index (κ1) is 20.2. The molecular formula is C21H30ClN3O2. The van der Waals surface area contributed by atoms with Crippen LogP contribution in [0.1, 0.15) is 55.3 Å². The van der Waals surface area contributed by atoms with Gasteiger partial charge in [-0.15, -0.1) is 12.4 Å². The molecule has 0 aromatic heterocycles. The van der Waals surface area contributed by atoms with Gasteiger partial charge in [-0.1, -0.05) is 6.42 Å². The first-order valence-corrected chi connectivity index (χ1v) is 10.1. The molecule has 2 atom stereocenters. The van der Waals surface area contributed by atoms with Gasteiger partial charge in [-0.2, -0.15) is 0 Å². The summed E-state index contributed by atoms with van der Waals surface area (Å²) in [5.74, 6) is 1.26. The third-order valence-electron chi connectivity index (χ3n) is 6.58. The number of benzene rings is 1. The lowest BCUT2D eigenvalue weighted by Gasteiger charge is -2.43. The van der Waals surface area contributed by atoms with Crippen molar-refractivity contribution in [3.8, 4) is 0 Å². The van der Waals surface area contributed by atoms with Crippen LogP contribution in [0, 0.1) is 17.8 Å². The molecule has 0 radical (unpaired) electrons. The summed E-state index contributed by atoms with van der Waals surface area (Å²) in [6.07, 6.45) is 7.58. The van der Waals surface area contributed by atoms with E-state index in [0.29, 0.717) is 17.4 Å². The minimum absolute atomic E-state index is 0. The van der Waals surface area contributed by atoms with Crippen LogP contribution in [0.2, 0.25) is 0 Å². The number of nitrogens with one attached hydrogen (secondary N) is 1. The minimum Gasteiger partial charge on any atom is -0.339 e. The third kappa shape index (κ3) is 4.30. The van der Waals surface area contributed by atoms with Crippen LogP contribution in [0.5, 0.6) is 0 Å². The van der Waals surface area contributed by atoms with Crippen molar-refractivity contribution in [3.63, 3.8) is 0 Å². The maximum atomic E-state index is 12.7. The quantitative estimate of drug-likeness (QED) is 0.828. The topological polar surface area (TPSA) is 75.4 Å². The number of amides is 2. The van der Waals surface area contributed by atoms with Crippen molar-refractivity contribution in [1.82, 2.24) is 4.90 Å². The number of rotatable bonds is 3. The molecule has 0 spiro atoms. The zero-order valence-corrected chi connectivity index (χ0v) is 16.5. The van der Waals surface area contributed by atoms with E-state index in [4.69, 9.17) is 5.73 Å². The first-order chi connectivity index (χ1) is 12.6. The van der Waals surface area contributed by atoms with Gasteiger partial charge in [-0.3, -0.25) is 9.59 Å². The summed E-state index contributed by atoms with van der Waals surface area (Å²) in [4.78, 5) is 27.0. The smallest absolute Gasteiger partial charge is 0.253 e. The number of carbonyl (C=O) groups excluding carboxylic acids is 2. The van der Waals surface area contributed by atoms with E-state index >= 15 is 0 Å². The average Bonchev–Trinajstić information content (AvgIpc) is 3.16. The number of fused-ring (bicyclic) bond motifs is 2. The van der Waals surface area contributed by atoms with Gasteiger partial charge >= 0.3 is 0 Å². The second-order valence-corrected chi connectivity index (χ2v) is 8.26. The highest BCUT2D eigenvalue weighted by atomic mass is 35.5. The van der Waals surface area contributed by atoms with Gasteiger partial charge < -0.3 is 16.0 Å². The number of hydrogen-bond acceptors (Lipinski definition) is 3. The normalized spacial score (nSPS) is 29.7. The van der Waals surface area contributed by atoms with Gasteiger partial charge in [0.25, 0.3) is 5.91 Å². The second-order valence-electron chi connectivity index (χ2n) is 8.26. The molecule has 1 aliphatic heterocycles. The van der Waals surface area contributed by atoms with Gasteiger partial charge in [0.1, 0.15) is 0 Å². The van der Waals surface area contributed by atoms with Crippen molar-refractivity contribution in [1.29, 1.82) is 0 Å². The van der Waals surface area contributed by atoms with Crippen LogP contribution in [-0.4, -0.2) is 35.8 Å². The monoisotopic (exact) mass is 391 g/mol. The van der Waals surface area contributed by atoms with E-state index in [0.717, 1.165) is 57.3 Å². The minimum atomic E-state index is 0. The summed E-state index contributed by atoms with van der Waals surface area (Å²) in [7, 11) is 0. The Bertz CT molecular complexity index is 659. The molecule has 2 bridgehead atoms. The van der Waals surface area contributed by atoms with Crippen LogP contribution >= 0.6 is 12.4 Å². The van der Waals surface area contributed by atoms with E-state index in [9.17, 15) is 9.59 Å². The molecule has 2 amide bonds. The maximum absolute atomic E-state index is 12.7. The number of anilines is 1. The first-order valence-electron chi connectivity index (χ1n) is 10.1. The summed E-state index contributed by atoms with van der Waals surface area (Å²) >= 11 is 0. The molecular weight excluding hydrogens is 362 g/mol. The summed E-state index contributed by atoms with van der Waals surface area (Å²) in [6, 6.07) is 7.61. The second kappa shape index (κ2) is 8.61. The molecule has 3 aliphatic rings. The molecule has 1 aromatic rings. The Labute approximate surface area is 167 Å². The molecule has 1 saturated heterocycles. The van der Waals surface area contributed by atoms with Gasteiger partial charge in [0.2, 0.25) is 5.91 Å². The Balaban J connectivity index is 0.00000210. The Morgan fingerprint density at radius 1 is 0.963 bits per heavy atom. The molecule has 3 fully saturated rings. The Kier molecular flexibility index (Phi) is 6.43. The van der Waals surface area contributed by atoms with Crippen LogP contribution < -0.4 is 11.1 Å². The van der Waals surface area contributed by atoms with E-state index in [-0.39, 0.29) is 36.2 Å². The van der Waals surface area contributed by atoms with E-state index in [1.165, 1.54) is 6.42 Å². The van der Waals surface area contributed by atoms with E-state index < -0.39 is 0 Å². The fraction of sp³-hybridized carbons (Fsp3) is 0.619. The molecule has 1 heterocycles. The molecule has 5 nitrogen and oxygen atoms in total. The standard InChI is InChI=1S/C21H29N3O2.ClH/c22-19-15-4-3-5-16(19)13-17(12-15)20(25)23-18-8-6-14(7-9-18)21(26)24-10-1-2-11-24;/h6-9,15-17,19H,1-5,10-13,22H2,(H,23,25);1H. The van der Waals surface area contributed by atoms with E-state index in [1.54, 1.807) is 0 Å². The molecule has 2 saturated carbocycles. The fourth-order valence-corrected chi connectivity index (χ4v) is 5.05. The molecule has 2 aliphatic carbocycles. The van der Waals surface area contributed by atoms with Crippen molar-refractivity contribution in [2.45, 2.75) is 51.0 Å². The highest BCUT2D eigenvalue weighted by Crippen LogP contribution is 2.42. The molecule has 27 heavy (non-hydrogen) atoms.